The largest absolute Gasteiger partial charge is 0.491 e. The number of hydrogen-bond acceptors (Lipinski definition) is 5. The molecule has 2 aromatic rings. The lowest BCUT2D eigenvalue weighted by molar-refractivity contribution is 0.0959. The summed E-state index contributed by atoms with van der Waals surface area (Å²) in [7, 11) is 1.56. The van der Waals surface area contributed by atoms with Gasteiger partial charge in [-0.2, -0.15) is 0 Å². The molecule has 0 aliphatic heterocycles. The standard InChI is InChI=1S/C20H23N3O4S/c1-3-26-11-12-27-17-9-7-14(8-10-17)19(25)23-20(28)22-16-6-4-5-15(13-16)18(24)21-2/h4-10,13H,3,11-12H2,1-2H3,(H,21,24)(H2,22,23,25,28). The van der Waals surface area contributed by atoms with E-state index >= 15 is 0 Å². The molecule has 28 heavy (non-hydrogen) atoms. The second-order valence-electron chi connectivity index (χ2n) is 5.64. The molecule has 0 saturated carbocycles. The number of carbonyl (C=O) groups excluding carboxylic acids is 2. The van der Waals surface area contributed by atoms with Crippen molar-refractivity contribution in [3.8, 4) is 5.75 Å². The molecule has 0 saturated heterocycles. The van der Waals surface area contributed by atoms with Gasteiger partial charge in [0.25, 0.3) is 11.8 Å². The summed E-state index contributed by atoms with van der Waals surface area (Å²) in [5.74, 6) is 0.103. The van der Waals surface area contributed by atoms with Gasteiger partial charge in [0, 0.05) is 30.5 Å². The number of ether oxygens (including phenoxy) is 2. The van der Waals surface area contributed by atoms with E-state index in [0.29, 0.717) is 42.4 Å². The lowest BCUT2D eigenvalue weighted by Crippen LogP contribution is -2.34. The maximum atomic E-state index is 12.3. The van der Waals surface area contributed by atoms with Gasteiger partial charge in [0.2, 0.25) is 0 Å². The molecule has 0 spiro atoms. The summed E-state index contributed by atoms with van der Waals surface area (Å²) in [6, 6.07) is 13.5. The summed E-state index contributed by atoms with van der Waals surface area (Å²) in [5, 5.41) is 8.19. The number of hydrogen-bond donors (Lipinski definition) is 3. The molecule has 2 rings (SSSR count). The Kier molecular flexibility index (Phi) is 8.38. The fourth-order valence-electron chi connectivity index (χ4n) is 2.29. The first-order valence-electron chi connectivity index (χ1n) is 8.78. The Labute approximate surface area is 169 Å². The lowest BCUT2D eigenvalue weighted by atomic mass is 10.2. The molecule has 0 aliphatic carbocycles. The highest BCUT2D eigenvalue weighted by Crippen LogP contribution is 2.13. The van der Waals surface area contributed by atoms with Crippen molar-refractivity contribution in [3.05, 3.63) is 59.7 Å². The third-order valence-corrected chi connectivity index (χ3v) is 3.86. The van der Waals surface area contributed by atoms with Crippen molar-refractivity contribution in [2.75, 3.05) is 32.2 Å². The molecule has 7 nitrogen and oxygen atoms in total. The minimum Gasteiger partial charge on any atom is -0.491 e. The fourth-order valence-corrected chi connectivity index (χ4v) is 2.50. The molecule has 0 atom stereocenters. The third-order valence-electron chi connectivity index (χ3n) is 3.65. The van der Waals surface area contributed by atoms with Crippen molar-refractivity contribution in [3.63, 3.8) is 0 Å². The Bertz CT molecular complexity index is 824. The molecular weight excluding hydrogens is 378 g/mol. The summed E-state index contributed by atoms with van der Waals surface area (Å²) in [6.45, 7) is 3.53. The lowest BCUT2D eigenvalue weighted by Gasteiger charge is -2.11. The fraction of sp³-hybridized carbons (Fsp3) is 0.250. The number of rotatable bonds is 8. The van der Waals surface area contributed by atoms with E-state index in [2.05, 4.69) is 16.0 Å². The van der Waals surface area contributed by atoms with Crippen LogP contribution in [0.2, 0.25) is 0 Å². The van der Waals surface area contributed by atoms with Gasteiger partial charge in [0.15, 0.2) is 5.11 Å². The molecule has 0 aliphatic rings. The van der Waals surface area contributed by atoms with E-state index in [1.54, 1.807) is 55.6 Å². The zero-order chi connectivity index (χ0) is 20.4. The highest BCUT2D eigenvalue weighted by molar-refractivity contribution is 7.80. The van der Waals surface area contributed by atoms with E-state index in [1.807, 2.05) is 6.92 Å². The van der Waals surface area contributed by atoms with E-state index in [4.69, 9.17) is 21.7 Å². The van der Waals surface area contributed by atoms with Crippen LogP contribution in [0.5, 0.6) is 5.75 Å². The Morgan fingerprint density at radius 2 is 1.75 bits per heavy atom. The second-order valence-corrected chi connectivity index (χ2v) is 6.05. The zero-order valence-corrected chi connectivity index (χ0v) is 16.6. The van der Waals surface area contributed by atoms with E-state index in [9.17, 15) is 9.59 Å². The highest BCUT2D eigenvalue weighted by Gasteiger charge is 2.09. The maximum absolute atomic E-state index is 12.3. The highest BCUT2D eigenvalue weighted by atomic mass is 32.1. The predicted molar refractivity (Wildman–Crippen MR) is 112 cm³/mol. The first-order chi connectivity index (χ1) is 13.5. The van der Waals surface area contributed by atoms with Crippen LogP contribution in [0.1, 0.15) is 27.6 Å². The molecule has 2 aromatic carbocycles. The average Bonchev–Trinajstić information content (AvgIpc) is 2.71. The van der Waals surface area contributed by atoms with Crippen LogP contribution in [0.4, 0.5) is 5.69 Å². The minimum atomic E-state index is -0.346. The predicted octanol–water partition coefficient (Wildman–Crippen LogP) is 2.59. The van der Waals surface area contributed by atoms with Crippen molar-refractivity contribution < 1.29 is 19.1 Å². The quantitative estimate of drug-likeness (QED) is 0.465. The molecule has 0 radical (unpaired) electrons. The van der Waals surface area contributed by atoms with E-state index in [-0.39, 0.29) is 16.9 Å². The summed E-state index contributed by atoms with van der Waals surface area (Å²) >= 11 is 5.18. The second kappa shape index (κ2) is 11.0. The molecule has 0 bridgehead atoms. The van der Waals surface area contributed by atoms with Crippen LogP contribution in [0.25, 0.3) is 0 Å². The first kappa shape index (κ1) is 21.3. The minimum absolute atomic E-state index is 0.135. The molecule has 148 valence electrons. The van der Waals surface area contributed by atoms with Crippen molar-refractivity contribution in [2.24, 2.45) is 0 Å². The molecule has 0 heterocycles. The Morgan fingerprint density at radius 3 is 2.43 bits per heavy atom. The summed E-state index contributed by atoms with van der Waals surface area (Å²) < 4.78 is 10.7. The van der Waals surface area contributed by atoms with Crippen molar-refractivity contribution in [1.82, 2.24) is 10.6 Å². The van der Waals surface area contributed by atoms with Crippen LogP contribution in [-0.2, 0) is 4.74 Å². The van der Waals surface area contributed by atoms with Gasteiger partial charge in [-0.25, -0.2) is 0 Å². The Morgan fingerprint density at radius 1 is 1.00 bits per heavy atom. The topological polar surface area (TPSA) is 88.7 Å². The van der Waals surface area contributed by atoms with Crippen LogP contribution in [-0.4, -0.2) is 43.8 Å². The molecule has 0 aromatic heterocycles. The number of anilines is 1. The van der Waals surface area contributed by atoms with Gasteiger partial charge in [-0.05, 0) is 61.6 Å². The van der Waals surface area contributed by atoms with Crippen LogP contribution in [0, 0.1) is 0 Å². The molecule has 0 unspecified atom stereocenters. The Hall–Kier alpha value is -2.97. The van der Waals surface area contributed by atoms with Gasteiger partial charge in [0.1, 0.15) is 12.4 Å². The van der Waals surface area contributed by atoms with Gasteiger partial charge in [0.05, 0.1) is 6.61 Å². The summed E-state index contributed by atoms with van der Waals surface area (Å²) in [6.07, 6.45) is 0. The van der Waals surface area contributed by atoms with Gasteiger partial charge in [-0.15, -0.1) is 0 Å². The van der Waals surface area contributed by atoms with Gasteiger partial charge >= 0.3 is 0 Å². The number of thiocarbonyl (C=S) groups is 1. The molecular formula is C20H23N3O4S. The smallest absolute Gasteiger partial charge is 0.257 e. The first-order valence-corrected chi connectivity index (χ1v) is 9.19. The van der Waals surface area contributed by atoms with Gasteiger partial charge in [-0.3, -0.25) is 14.9 Å². The van der Waals surface area contributed by atoms with Crippen LogP contribution < -0.4 is 20.7 Å². The monoisotopic (exact) mass is 401 g/mol. The van der Waals surface area contributed by atoms with E-state index < -0.39 is 0 Å². The molecule has 8 heteroatoms. The zero-order valence-electron chi connectivity index (χ0n) is 15.8. The van der Waals surface area contributed by atoms with Crippen LogP contribution in [0.3, 0.4) is 0 Å². The van der Waals surface area contributed by atoms with Crippen molar-refractivity contribution in [2.45, 2.75) is 6.92 Å². The van der Waals surface area contributed by atoms with Gasteiger partial charge < -0.3 is 20.1 Å². The number of nitrogens with one attached hydrogen (secondary N) is 3. The summed E-state index contributed by atoms with van der Waals surface area (Å²) in [5.41, 5.74) is 1.53. The van der Waals surface area contributed by atoms with Crippen LogP contribution in [0.15, 0.2) is 48.5 Å². The van der Waals surface area contributed by atoms with Crippen molar-refractivity contribution in [1.29, 1.82) is 0 Å². The van der Waals surface area contributed by atoms with Crippen LogP contribution >= 0.6 is 12.2 Å². The molecule has 0 fully saturated rings. The van der Waals surface area contributed by atoms with E-state index in [0.717, 1.165) is 0 Å². The normalized spacial score (nSPS) is 10.1. The third kappa shape index (κ3) is 6.64. The number of benzene rings is 2. The summed E-state index contributed by atoms with van der Waals surface area (Å²) in [4.78, 5) is 24.0. The average molecular weight is 401 g/mol. The maximum Gasteiger partial charge on any atom is 0.257 e. The molecule has 2 amide bonds. The van der Waals surface area contributed by atoms with Gasteiger partial charge in [-0.1, -0.05) is 6.07 Å². The Balaban J connectivity index is 1.88. The van der Waals surface area contributed by atoms with E-state index in [1.165, 1.54) is 0 Å². The SMILES string of the molecule is CCOCCOc1ccc(C(=O)NC(=S)Nc2cccc(C(=O)NC)c2)cc1. The number of carbonyl (C=O) groups is 2. The number of amides is 2. The van der Waals surface area contributed by atoms with Crippen molar-refractivity contribution >= 4 is 34.8 Å². The molecule has 3 N–H and O–H groups in total.